The van der Waals surface area contributed by atoms with Gasteiger partial charge in [0.2, 0.25) is 0 Å². The molecule has 0 N–H and O–H groups in total. The summed E-state index contributed by atoms with van der Waals surface area (Å²) in [6.45, 7) is 6.83. The highest BCUT2D eigenvalue weighted by Gasteiger charge is 2.25. The molecule has 0 aromatic heterocycles. The van der Waals surface area contributed by atoms with Gasteiger partial charge in [0.1, 0.15) is 0 Å². The highest BCUT2D eigenvalue weighted by atomic mass is 16.1. The maximum atomic E-state index is 12.3. The van der Waals surface area contributed by atoms with Crippen LogP contribution in [0.25, 0.3) is 0 Å². The molecule has 0 spiro atoms. The molecule has 1 heteroatoms. The van der Waals surface area contributed by atoms with Crippen LogP contribution in [0, 0.1) is 17.8 Å². The number of ketones is 1. The molecule has 19 heavy (non-hydrogen) atoms. The maximum Gasteiger partial charge on any atom is 0.185 e. The molecule has 0 amide bonds. The van der Waals surface area contributed by atoms with Gasteiger partial charge >= 0.3 is 0 Å². The van der Waals surface area contributed by atoms with E-state index < -0.39 is 0 Å². The largest absolute Gasteiger partial charge is 0.289 e. The Bertz CT molecular complexity index is 456. The van der Waals surface area contributed by atoms with Crippen LogP contribution in [0.4, 0.5) is 0 Å². The first-order chi connectivity index (χ1) is 9.08. The predicted molar refractivity (Wildman–Crippen MR) is 80.2 cm³/mol. The quantitative estimate of drug-likeness (QED) is 0.556. The van der Waals surface area contributed by atoms with Crippen molar-refractivity contribution in [1.29, 1.82) is 0 Å². The molecule has 1 saturated carbocycles. The van der Waals surface area contributed by atoms with Gasteiger partial charge in [0, 0.05) is 5.56 Å². The minimum absolute atomic E-state index is 0.159. The topological polar surface area (TPSA) is 17.1 Å². The van der Waals surface area contributed by atoms with Gasteiger partial charge in [0.05, 0.1) is 0 Å². The minimum Gasteiger partial charge on any atom is -0.289 e. The number of carbonyl (C=O) groups excluding carboxylic acids is 1. The second kappa shape index (κ2) is 6.18. The summed E-state index contributed by atoms with van der Waals surface area (Å²) in [5, 5.41) is 0. The normalized spacial score (nSPS) is 25.8. The molecule has 1 aromatic carbocycles. The van der Waals surface area contributed by atoms with Crippen LogP contribution in [0.2, 0.25) is 0 Å². The van der Waals surface area contributed by atoms with E-state index in [1.807, 2.05) is 36.4 Å². The van der Waals surface area contributed by atoms with Gasteiger partial charge in [0.15, 0.2) is 5.78 Å². The third-order valence-electron chi connectivity index (χ3n) is 4.42. The summed E-state index contributed by atoms with van der Waals surface area (Å²) in [7, 11) is 0. The number of allylic oxidation sites excluding steroid dienone is 2. The number of hydrogen-bond donors (Lipinski definition) is 0. The minimum atomic E-state index is 0.159. The van der Waals surface area contributed by atoms with Gasteiger partial charge < -0.3 is 0 Å². The van der Waals surface area contributed by atoms with E-state index in [1.54, 1.807) is 0 Å². The van der Waals surface area contributed by atoms with Crippen molar-refractivity contribution in [2.24, 2.45) is 17.8 Å². The third kappa shape index (κ3) is 3.56. The fourth-order valence-corrected chi connectivity index (χ4v) is 2.88. The van der Waals surface area contributed by atoms with Crippen LogP contribution in [-0.2, 0) is 0 Å². The third-order valence-corrected chi connectivity index (χ3v) is 4.42. The Kier molecular flexibility index (Phi) is 4.57. The molecule has 0 bridgehead atoms. The standard InChI is InChI=1S/C18H24O/c1-13(2)16-10-9-14(3)17(11-16)12-18(19)15-7-5-4-6-8-15/h4-8,12-14,16H,9-11H2,1-3H3/b17-12-/t14-,16-/m1/s1. The molecule has 0 aliphatic heterocycles. The highest BCUT2D eigenvalue weighted by Crippen LogP contribution is 2.36. The molecule has 1 aromatic rings. The van der Waals surface area contributed by atoms with Crippen molar-refractivity contribution in [3.63, 3.8) is 0 Å². The van der Waals surface area contributed by atoms with E-state index in [4.69, 9.17) is 0 Å². The highest BCUT2D eigenvalue weighted by molar-refractivity contribution is 6.04. The van der Waals surface area contributed by atoms with Crippen LogP contribution >= 0.6 is 0 Å². The number of hydrogen-bond acceptors (Lipinski definition) is 1. The SMILES string of the molecule is CC(C)[C@@H]1CC[C@@H](C)/C(=C\C(=O)c2ccccc2)C1. The van der Waals surface area contributed by atoms with E-state index >= 15 is 0 Å². The molecule has 0 heterocycles. The van der Waals surface area contributed by atoms with Crippen molar-refractivity contribution in [1.82, 2.24) is 0 Å². The number of carbonyl (C=O) groups is 1. The van der Waals surface area contributed by atoms with Gasteiger partial charge in [-0.05, 0) is 43.1 Å². The Morgan fingerprint density at radius 3 is 2.53 bits per heavy atom. The summed E-state index contributed by atoms with van der Waals surface area (Å²) in [5.74, 6) is 2.17. The molecule has 0 unspecified atom stereocenters. The lowest BCUT2D eigenvalue weighted by molar-refractivity contribution is 0.104. The summed E-state index contributed by atoms with van der Waals surface area (Å²) < 4.78 is 0. The van der Waals surface area contributed by atoms with Crippen LogP contribution in [0.5, 0.6) is 0 Å². The molecular formula is C18H24O. The van der Waals surface area contributed by atoms with Crippen molar-refractivity contribution in [2.75, 3.05) is 0 Å². The molecule has 0 saturated heterocycles. The second-order valence-corrected chi connectivity index (χ2v) is 6.14. The fraction of sp³-hybridized carbons (Fsp3) is 0.500. The zero-order valence-electron chi connectivity index (χ0n) is 12.2. The van der Waals surface area contributed by atoms with Gasteiger partial charge in [-0.25, -0.2) is 0 Å². The first kappa shape index (κ1) is 14.0. The first-order valence-corrected chi connectivity index (χ1v) is 7.37. The van der Waals surface area contributed by atoms with Gasteiger partial charge in [-0.1, -0.05) is 56.7 Å². The average molecular weight is 256 g/mol. The molecule has 2 rings (SSSR count). The fourth-order valence-electron chi connectivity index (χ4n) is 2.88. The van der Waals surface area contributed by atoms with Crippen molar-refractivity contribution >= 4 is 5.78 Å². The monoisotopic (exact) mass is 256 g/mol. The van der Waals surface area contributed by atoms with Gasteiger partial charge in [-0.3, -0.25) is 4.79 Å². The summed E-state index contributed by atoms with van der Waals surface area (Å²) in [6.07, 6.45) is 5.51. The number of benzene rings is 1. The molecule has 0 radical (unpaired) electrons. The lowest BCUT2D eigenvalue weighted by Crippen LogP contribution is -2.20. The Morgan fingerprint density at radius 1 is 1.21 bits per heavy atom. The summed E-state index contributed by atoms with van der Waals surface area (Å²) >= 11 is 0. The van der Waals surface area contributed by atoms with Crippen LogP contribution in [0.3, 0.4) is 0 Å². The zero-order valence-corrected chi connectivity index (χ0v) is 12.2. The lowest BCUT2D eigenvalue weighted by Gasteiger charge is -2.31. The Balaban J connectivity index is 2.14. The van der Waals surface area contributed by atoms with Crippen molar-refractivity contribution in [3.8, 4) is 0 Å². The predicted octanol–water partition coefficient (Wildman–Crippen LogP) is 4.89. The molecule has 1 nitrogen and oxygen atoms in total. The van der Waals surface area contributed by atoms with Crippen LogP contribution < -0.4 is 0 Å². The van der Waals surface area contributed by atoms with Gasteiger partial charge in [-0.2, -0.15) is 0 Å². The smallest absolute Gasteiger partial charge is 0.185 e. The Morgan fingerprint density at radius 2 is 1.89 bits per heavy atom. The Hall–Kier alpha value is -1.37. The van der Waals surface area contributed by atoms with Crippen molar-refractivity contribution in [2.45, 2.75) is 40.0 Å². The van der Waals surface area contributed by atoms with Crippen molar-refractivity contribution < 1.29 is 4.79 Å². The van der Waals surface area contributed by atoms with Crippen molar-refractivity contribution in [3.05, 3.63) is 47.5 Å². The van der Waals surface area contributed by atoms with E-state index in [0.717, 1.165) is 17.9 Å². The van der Waals surface area contributed by atoms with E-state index in [-0.39, 0.29) is 5.78 Å². The summed E-state index contributed by atoms with van der Waals surface area (Å²) in [5.41, 5.74) is 2.15. The second-order valence-electron chi connectivity index (χ2n) is 6.14. The van der Waals surface area contributed by atoms with Crippen LogP contribution in [0.1, 0.15) is 50.4 Å². The molecular weight excluding hydrogens is 232 g/mol. The zero-order chi connectivity index (χ0) is 13.8. The van der Waals surface area contributed by atoms with Crippen LogP contribution in [-0.4, -0.2) is 5.78 Å². The summed E-state index contributed by atoms with van der Waals surface area (Å²) in [4.78, 5) is 12.3. The summed E-state index contributed by atoms with van der Waals surface area (Å²) in [6, 6.07) is 9.58. The number of rotatable bonds is 3. The van der Waals surface area contributed by atoms with E-state index in [9.17, 15) is 4.79 Å². The lowest BCUT2D eigenvalue weighted by atomic mass is 9.74. The molecule has 1 aliphatic rings. The molecule has 2 atom stereocenters. The average Bonchev–Trinajstić information content (AvgIpc) is 2.42. The van der Waals surface area contributed by atoms with Gasteiger partial charge in [0.25, 0.3) is 0 Å². The van der Waals surface area contributed by atoms with E-state index in [0.29, 0.717) is 11.8 Å². The Labute approximate surface area is 116 Å². The van der Waals surface area contributed by atoms with E-state index in [2.05, 4.69) is 20.8 Å². The maximum absolute atomic E-state index is 12.3. The molecule has 102 valence electrons. The first-order valence-electron chi connectivity index (χ1n) is 7.37. The van der Waals surface area contributed by atoms with Gasteiger partial charge in [-0.15, -0.1) is 0 Å². The van der Waals surface area contributed by atoms with Crippen LogP contribution in [0.15, 0.2) is 42.0 Å². The van der Waals surface area contributed by atoms with E-state index in [1.165, 1.54) is 18.4 Å². The molecule has 1 aliphatic carbocycles. The molecule has 1 fully saturated rings.